The van der Waals surface area contributed by atoms with E-state index in [9.17, 15) is 14.0 Å². The van der Waals surface area contributed by atoms with Crippen LogP contribution in [-0.4, -0.2) is 28.8 Å². The van der Waals surface area contributed by atoms with Crippen LogP contribution in [0.3, 0.4) is 0 Å². The van der Waals surface area contributed by atoms with E-state index in [0.29, 0.717) is 12.1 Å². The minimum atomic E-state index is -0.577. The zero-order valence-electron chi connectivity index (χ0n) is 14.5. The number of rotatable bonds is 7. The van der Waals surface area contributed by atoms with Gasteiger partial charge in [0.25, 0.3) is 5.91 Å². The standard InChI is InChI=1S/C20H18ClFN2O3/c21-15-5-4-14(7-16(15)22)27-9-13(25)8-19-10-20(11-19,12-19)24-18(26)17-3-1-2-6-23-17/h1-7H,8-12H2,(H,24,26). The van der Waals surface area contributed by atoms with Crippen LogP contribution in [-0.2, 0) is 4.79 Å². The van der Waals surface area contributed by atoms with Crippen molar-refractivity contribution in [3.8, 4) is 5.75 Å². The zero-order valence-corrected chi connectivity index (χ0v) is 15.3. The molecule has 1 amide bonds. The summed E-state index contributed by atoms with van der Waals surface area (Å²) in [6.45, 7) is -0.101. The average molecular weight is 389 g/mol. The van der Waals surface area contributed by atoms with Crippen molar-refractivity contribution in [1.29, 1.82) is 0 Å². The molecule has 3 aliphatic carbocycles. The van der Waals surface area contributed by atoms with E-state index < -0.39 is 5.82 Å². The van der Waals surface area contributed by atoms with Gasteiger partial charge in [-0.3, -0.25) is 14.6 Å². The molecule has 0 aliphatic heterocycles. The first-order chi connectivity index (χ1) is 12.9. The molecule has 140 valence electrons. The van der Waals surface area contributed by atoms with Gasteiger partial charge in [0.1, 0.15) is 23.9 Å². The molecular formula is C20H18ClFN2O3. The van der Waals surface area contributed by atoms with E-state index in [1.54, 1.807) is 24.4 Å². The van der Waals surface area contributed by atoms with E-state index in [-0.39, 0.29) is 40.0 Å². The number of ketones is 1. The van der Waals surface area contributed by atoms with Gasteiger partial charge in [0.05, 0.1) is 5.02 Å². The maximum Gasteiger partial charge on any atom is 0.270 e. The van der Waals surface area contributed by atoms with Crippen molar-refractivity contribution >= 4 is 23.3 Å². The van der Waals surface area contributed by atoms with Gasteiger partial charge in [0, 0.05) is 24.2 Å². The van der Waals surface area contributed by atoms with E-state index in [0.717, 1.165) is 19.3 Å². The number of ether oxygens (including phenoxy) is 1. The van der Waals surface area contributed by atoms with Gasteiger partial charge >= 0.3 is 0 Å². The minimum absolute atomic E-state index is 0.0144. The van der Waals surface area contributed by atoms with Crippen molar-refractivity contribution in [1.82, 2.24) is 10.3 Å². The second-order valence-electron chi connectivity index (χ2n) is 7.56. The van der Waals surface area contributed by atoms with E-state index in [1.165, 1.54) is 18.2 Å². The lowest BCUT2D eigenvalue weighted by atomic mass is 9.38. The predicted octanol–water partition coefficient (Wildman–Crippen LogP) is 3.56. The van der Waals surface area contributed by atoms with Crippen LogP contribution in [0.2, 0.25) is 5.02 Å². The van der Waals surface area contributed by atoms with Gasteiger partial charge in [-0.15, -0.1) is 0 Å². The summed E-state index contributed by atoms with van der Waals surface area (Å²) in [7, 11) is 0. The summed E-state index contributed by atoms with van der Waals surface area (Å²) in [6.07, 6.45) is 4.37. The van der Waals surface area contributed by atoms with Crippen molar-refractivity contribution < 1.29 is 18.7 Å². The molecule has 3 saturated carbocycles. The molecule has 5 rings (SSSR count). The normalized spacial score (nSPS) is 25.1. The first-order valence-electron chi connectivity index (χ1n) is 8.72. The molecule has 2 aromatic rings. The number of halogens is 2. The minimum Gasteiger partial charge on any atom is -0.486 e. The predicted molar refractivity (Wildman–Crippen MR) is 97.2 cm³/mol. The maximum absolute atomic E-state index is 13.4. The third-order valence-corrected chi connectivity index (χ3v) is 5.59. The summed E-state index contributed by atoms with van der Waals surface area (Å²) < 4.78 is 18.7. The SMILES string of the molecule is O=C(COc1ccc(Cl)c(F)c1)CC12CC(NC(=O)c3ccccn3)(C1)C2. The first-order valence-corrected chi connectivity index (χ1v) is 9.10. The molecule has 2 bridgehead atoms. The van der Waals surface area contributed by atoms with Gasteiger partial charge in [0.2, 0.25) is 0 Å². The number of hydrogen-bond acceptors (Lipinski definition) is 4. The number of nitrogens with zero attached hydrogens (tertiary/aromatic N) is 1. The molecule has 3 aliphatic rings. The van der Waals surface area contributed by atoms with Crippen molar-refractivity contribution in [3.63, 3.8) is 0 Å². The lowest BCUT2D eigenvalue weighted by molar-refractivity contribution is -0.162. The molecule has 0 saturated heterocycles. The Bertz CT molecular complexity index is 884. The quantitative estimate of drug-likeness (QED) is 0.787. The maximum atomic E-state index is 13.4. The number of pyridine rings is 1. The van der Waals surface area contributed by atoms with Gasteiger partial charge in [-0.25, -0.2) is 4.39 Å². The Kier molecular flexibility index (Phi) is 4.38. The lowest BCUT2D eigenvalue weighted by Crippen LogP contribution is -2.75. The zero-order chi connectivity index (χ0) is 19.1. The molecule has 27 heavy (non-hydrogen) atoms. The van der Waals surface area contributed by atoms with Gasteiger partial charge in [-0.05, 0) is 48.9 Å². The van der Waals surface area contributed by atoms with Crippen molar-refractivity contribution in [2.24, 2.45) is 5.41 Å². The molecule has 0 spiro atoms. The molecule has 1 aromatic heterocycles. The van der Waals surface area contributed by atoms with Crippen LogP contribution in [0, 0.1) is 11.2 Å². The van der Waals surface area contributed by atoms with E-state index in [1.807, 2.05) is 0 Å². The molecule has 5 nitrogen and oxygen atoms in total. The van der Waals surface area contributed by atoms with Crippen molar-refractivity contribution in [3.05, 3.63) is 59.1 Å². The molecule has 7 heteroatoms. The summed E-state index contributed by atoms with van der Waals surface area (Å²) in [5.41, 5.74) is 0.161. The van der Waals surface area contributed by atoms with Gasteiger partial charge in [0.15, 0.2) is 5.78 Å². The molecule has 0 atom stereocenters. The van der Waals surface area contributed by atoms with E-state index in [4.69, 9.17) is 16.3 Å². The largest absolute Gasteiger partial charge is 0.486 e. The second-order valence-corrected chi connectivity index (χ2v) is 7.97. The Morgan fingerprint density at radius 1 is 1.22 bits per heavy atom. The monoisotopic (exact) mass is 388 g/mol. The van der Waals surface area contributed by atoms with Crippen molar-refractivity contribution in [2.75, 3.05) is 6.61 Å². The van der Waals surface area contributed by atoms with Gasteiger partial charge in [-0.1, -0.05) is 17.7 Å². The Morgan fingerprint density at radius 3 is 2.67 bits per heavy atom. The van der Waals surface area contributed by atoms with Gasteiger partial charge < -0.3 is 10.1 Å². The molecular weight excluding hydrogens is 371 g/mol. The Labute approximate surface area is 160 Å². The van der Waals surface area contributed by atoms with Crippen LogP contribution in [0.1, 0.15) is 36.2 Å². The topological polar surface area (TPSA) is 68.3 Å². The number of amides is 1. The van der Waals surface area contributed by atoms with E-state index >= 15 is 0 Å². The Hall–Kier alpha value is -2.47. The van der Waals surface area contributed by atoms with Crippen LogP contribution in [0.25, 0.3) is 0 Å². The smallest absolute Gasteiger partial charge is 0.270 e. The number of carbonyl (C=O) groups is 2. The summed E-state index contributed by atoms with van der Waals surface area (Å²) in [6, 6.07) is 9.30. The second kappa shape index (κ2) is 6.60. The van der Waals surface area contributed by atoms with Crippen molar-refractivity contribution in [2.45, 2.75) is 31.2 Å². The fourth-order valence-electron chi connectivity index (χ4n) is 4.32. The number of Topliss-reactive ketones (excluding diaryl/α,β-unsaturated/α-hetero) is 1. The van der Waals surface area contributed by atoms with Crippen LogP contribution < -0.4 is 10.1 Å². The molecule has 1 N–H and O–H groups in total. The molecule has 1 heterocycles. The third-order valence-electron chi connectivity index (χ3n) is 5.28. The van der Waals surface area contributed by atoms with E-state index in [2.05, 4.69) is 10.3 Å². The lowest BCUT2D eigenvalue weighted by Gasteiger charge is -2.70. The number of benzene rings is 1. The summed E-state index contributed by atoms with van der Waals surface area (Å²) >= 11 is 5.62. The summed E-state index contributed by atoms with van der Waals surface area (Å²) in [4.78, 5) is 28.5. The fraction of sp³-hybridized carbons (Fsp3) is 0.350. The molecule has 1 aromatic carbocycles. The van der Waals surface area contributed by atoms with Crippen LogP contribution in [0.4, 0.5) is 4.39 Å². The molecule has 0 radical (unpaired) electrons. The summed E-state index contributed by atoms with van der Waals surface area (Å²) in [5, 5.41) is 3.06. The van der Waals surface area contributed by atoms with Crippen LogP contribution in [0.15, 0.2) is 42.6 Å². The van der Waals surface area contributed by atoms with Crippen LogP contribution >= 0.6 is 11.6 Å². The highest BCUT2D eigenvalue weighted by Crippen LogP contribution is 2.69. The number of aromatic nitrogens is 1. The highest BCUT2D eigenvalue weighted by molar-refractivity contribution is 6.30. The highest BCUT2D eigenvalue weighted by Gasteiger charge is 2.68. The highest BCUT2D eigenvalue weighted by atomic mass is 35.5. The number of carbonyl (C=O) groups excluding carboxylic acids is 2. The number of hydrogen-bond donors (Lipinski definition) is 1. The van der Waals surface area contributed by atoms with Gasteiger partial charge in [-0.2, -0.15) is 0 Å². The molecule has 3 fully saturated rings. The number of nitrogens with one attached hydrogen (secondary N) is 1. The fourth-order valence-corrected chi connectivity index (χ4v) is 4.44. The van der Waals surface area contributed by atoms with Crippen LogP contribution in [0.5, 0.6) is 5.75 Å². The molecule has 0 unspecified atom stereocenters. The average Bonchev–Trinajstić information content (AvgIpc) is 2.60. The third kappa shape index (κ3) is 3.54. The first kappa shape index (κ1) is 17.9. The summed E-state index contributed by atoms with van der Waals surface area (Å²) in [5.74, 6) is -0.508. The Morgan fingerprint density at radius 2 is 2.00 bits per heavy atom. The Balaban J connectivity index is 1.24.